The second kappa shape index (κ2) is 5.96. The third kappa shape index (κ3) is 3.11. The Balaban J connectivity index is 2.06. The number of aromatic nitrogens is 4. The summed E-state index contributed by atoms with van der Waals surface area (Å²) in [6.45, 7) is 2.29. The van der Waals surface area contributed by atoms with Crippen LogP contribution >= 0.6 is 11.6 Å². The van der Waals surface area contributed by atoms with E-state index < -0.39 is 5.82 Å². The Morgan fingerprint density at radius 1 is 1.55 bits per heavy atom. The molecule has 1 aromatic heterocycles. The Labute approximate surface area is 119 Å². The number of aromatic amines is 1. The minimum absolute atomic E-state index is 0.0707. The molecule has 8 heteroatoms. The van der Waals surface area contributed by atoms with Crippen LogP contribution in [0.25, 0.3) is 0 Å². The average molecular weight is 298 g/mol. The molecule has 0 fully saturated rings. The van der Waals surface area contributed by atoms with E-state index in [1.165, 1.54) is 23.1 Å². The molecule has 0 aliphatic heterocycles. The lowest BCUT2D eigenvalue weighted by Gasteiger charge is -2.20. The minimum atomic E-state index is -0.550. The molecule has 0 radical (unpaired) electrons. The van der Waals surface area contributed by atoms with Gasteiger partial charge in [0.25, 0.3) is 5.91 Å². The van der Waals surface area contributed by atoms with Gasteiger partial charge in [-0.25, -0.2) is 4.39 Å². The smallest absolute Gasteiger partial charge is 0.253 e. The third-order valence-corrected chi connectivity index (χ3v) is 3.15. The Morgan fingerprint density at radius 3 is 2.90 bits per heavy atom. The number of carbonyl (C=O) groups excluding carboxylic acids is 1. The zero-order valence-corrected chi connectivity index (χ0v) is 11.7. The van der Waals surface area contributed by atoms with Crippen LogP contribution in [-0.4, -0.2) is 45.0 Å². The number of likely N-dealkylation sites (N-methyl/N-ethyl adjacent to an activating group) is 1. The van der Waals surface area contributed by atoms with Gasteiger partial charge in [0.05, 0.1) is 5.02 Å². The normalized spacial score (nSPS) is 12.2. The number of halogens is 2. The number of carbonyl (C=O) groups is 1. The topological polar surface area (TPSA) is 74.8 Å². The standard InChI is InChI=1S/C12H13ClFN5O/c1-7(11-15-17-18-16-11)6-19(2)12(20)8-3-4-10(14)9(13)5-8/h3-5,7H,6H2,1-2H3,(H,15,16,17,18)/t7-/m0/s1. The van der Waals surface area contributed by atoms with Crippen LogP contribution in [0.4, 0.5) is 4.39 Å². The highest BCUT2D eigenvalue weighted by Crippen LogP contribution is 2.18. The first-order valence-electron chi connectivity index (χ1n) is 5.93. The molecule has 106 valence electrons. The molecule has 0 aliphatic carbocycles. The summed E-state index contributed by atoms with van der Waals surface area (Å²) < 4.78 is 13.1. The fourth-order valence-electron chi connectivity index (χ4n) is 1.80. The quantitative estimate of drug-likeness (QED) is 0.935. The van der Waals surface area contributed by atoms with E-state index in [0.717, 1.165) is 0 Å². The summed E-state index contributed by atoms with van der Waals surface area (Å²) in [5, 5.41) is 13.5. The Hall–Kier alpha value is -2.02. The van der Waals surface area contributed by atoms with Gasteiger partial charge in [0, 0.05) is 25.1 Å². The SMILES string of the molecule is C[C@@H](CN(C)C(=O)c1ccc(F)c(Cl)c1)c1nn[nH]n1. The fraction of sp³-hybridized carbons (Fsp3) is 0.333. The van der Waals surface area contributed by atoms with Gasteiger partial charge >= 0.3 is 0 Å². The van der Waals surface area contributed by atoms with E-state index in [4.69, 9.17) is 11.6 Å². The zero-order chi connectivity index (χ0) is 14.7. The van der Waals surface area contributed by atoms with E-state index in [1.54, 1.807) is 7.05 Å². The highest BCUT2D eigenvalue weighted by molar-refractivity contribution is 6.31. The summed E-state index contributed by atoms with van der Waals surface area (Å²) in [5.74, 6) is -0.339. The molecule has 0 saturated heterocycles. The van der Waals surface area contributed by atoms with Gasteiger partial charge in [0.2, 0.25) is 0 Å². The monoisotopic (exact) mass is 297 g/mol. The van der Waals surface area contributed by atoms with Crippen molar-refractivity contribution in [1.82, 2.24) is 25.5 Å². The molecule has 0 aliphatic rings. The van der Waals surface area contributed by atoms with Gasteiger partial charge < -0.3 is 4.90 Å². The van der Waals surface area contributed by atoms with E-state index in [2.05, 4.69) is 20.6 Å². The number of H-pyrrole nitrogens is 1. The molecule has 1 amide bonds. The maximum absolute atomic E-state index is 13.1. The molecular weight excluding hydrogens is 285 g/mol. The van der Waals surface area contributed by atoms with Crippen molar-refractivity contribution < 1.29 is 9.18 Å². The van der Waals surface area contributed by atoms with Crippen LogP contribution in [-0.2, 0) is 0 Å². The first-order chi connectivity index (χ1) is 9.49. The number of tetrazole rings is 1. The molecule has 20 heavy (non-hydrogen) atoms. The van der Waals surface area contributed by atoms with E-state index in [-0.39, 0.29) is 16.8 Å². The number of rotatable bonds is 4. The number of amides is 1. The third-order valence-electron chi connectivity index (χ3n) is 2.86. The largest absolute Gasteiger partial charge is 0.341 e. The van der Waals surface area contributed by atoms with Crippen LogP contribution in [0.3, 0.4) is 0 Å². The van der Waals surface area contributed by atoms with Crippen molar-refractivity contribution in [2.24, 2.45) is 0 Å². The molecule has 2 aromatic rings. The molecule has 0 saturated carbocycles. The lowest BCUT2D eigenvalue weighted by molar-refractivity contribution is 0.0787. The van der Waals surface area contributed by atoms with E-state index >= 15 is 0 Å². The summed E-state index contributed by atoms with van der Waals surface area (Å²) in [6, 6.07) is 3.89. The van der Waals surface area contributed by atoms with Gasteiger partial charge in [-0.3, -0.25) is 4.79 Å². The average Bonchev–Trinajstić information content (AvgIpc) is 2.95. The second-order valence-electron chi connectivity index (χ2n) is 4.49. The van der Waals surface area contributed by atoms with E-state index in [0.29, 0.717) is 17.9 Å². The van der Waals surface area contributed by atoms with Crippen molar-refractivity contribution in [1.29, 1.82) is 0 Å². The maximum Gasteiger partial charge on any atom is 0.253 e. The summed E-state index contributed by atoms with van der Waals surface area (Å²) in [4.78, 5) is 13.7. The van der Waals surface area contributed by atoms with Crippen molar-refractivity contribution in [2.45, 2.75) is 12.8 Å². The predicted molar refractivity (Wildman–Crippen MR) is 71.0 cm³/mol. The maximum atomic E-state index is 13.1. The van der Waals surface area contributed by atoms with Gasteiger partial charge in [0.1, 0.15) is 5.82 Å². The van der Waals surface area contributed by atoms with Gasteiger partial charge in [-0.05, 0) is 18.2 Å². The first-order valence-corrected chi connectivity index (χ1v) is 6.30. The predicted octanol–water partition coefficient (Wildman–Crippen LogP) is 1.87. The van der Waals surface area contributed by atoms with Crippen LogP contribution in [0.2, 0.25) is 5.02 Å². The summed E-state index contributed by atoms with van der Waals surface area (Å²) in [7, 11) is 1.65. The molecule has 6 nitrogen and oxygen atoms in total. The molecule has 0 bridgehead atoms. The zero-order valence-electron chi connectivity index (χ0n) is 11.0. The van der Waals surface area contributed by atoms with Crippen molar-refractivity contribution in [3.05, 3.63) is 40.4 Å². The Morgan fingerprint density at radius 2 is 2.30 bits per heavy atom. The highest BCUT2D eigenvalue weighted by atomic mass is 35.5. The number of hydrogen-bond acceptors (Lipinski definition) is 4. The molecular formula is C12H13ClFN5O. The molecule has 0 unspecified atom stereocenters. The van der Waals surface area contributed by atoms with Crippen LogP contribution in [0.5, 0.6) is 0 Å². The number of hydrogen-bond donors (Lipinski definition) is 1. The number of nitrogens with one attached hydrogen (secondary N) is 1. The van der Waals surface area contributed by atoms with Gasteiger partial charge in [-0.15, -0.1) is 10.2 Å². The minimum Gasteiger partial charge on any atom is -0.341 e. The van der Waals surface area contributed by atoms with Crippen LogP contribution in [0, 0.1) is 5.82 Å². The van der Waals surface area contributed by atoms with Gasteiger partial charge in [-0.2, -0.15) is 5.21 Å². The summed E-state index contributed by atoms with van der Waals surface area (Å²) in [5.41, 5.74) is 0.333. The summed E-state index contributed by atoms with van der Waals surface area (Å²) >= 11 is 5.67. The van der Waals surface area contributed by atoms with Gasteiger partial charge in [0.15, 0.2) is 5.82 Å². The van der Waals surface area contributed by atoms with Crippen LogP contribution < -0.4 is 0 Å². The Kier molecular flexibility index (Phi) is 4.29. The van der Waals surface area contributed by atoms with E-state index in [1.807, 2.05) is 6.92 Å². The molecule has 1 atom stereocenters. The van der Waals surface area contributed by atoms with E-state index in [9.17, 15) is 9.18 Å². The fourth-order valence-corrected chi connectivity index (χ4v) is 1.98. The van der Waals surface area contributed by atoms with Crippen molar-refractivity contribution >= 4 is 17.5 Å². The molecule has 2 rings (SSSR count). The summed E-state index contributed by atoms with van der Waals surface area (Å²) in [6.07, 6.45) is 0. The highest BCUT2D eigenvalue weighted by Gasteiger charge is 2.18. The molecule has 1 aromatic carbocycles. The second-order valence-corrected chi connectivity index (χ2v) is 4.89. The van der Waals surface area contributed by atoms with Crippen molar-refractivity contribution in [3.63, 3.8) is 0 Å². The van der Waals surface area contributed by atoms with Crippen molar-refractivity contribution in [2.75, 3.05) is 13.6 Å². The lowest BCUT2D eigenvalue weighted by atomic mass is 10.1. The molecule has 1 N–H and O–H groups in total. The van der Waals surface area contributed by atoms with Gasteiger partial charge in [-0.1, -0.05) is 23.7 Å². The number of benzene rings is 1. The van der Waals surface area contributed by atoms with Crippen molar-refractivity contribution in [3.8, 4) is 0 Å². The number of nitrogens with zero attached hydrogens (tertiary/aromatic N) is 4. The lowest BCUT2D eigenvalue weighted by Crippen LogP contribution is -2.30. The molecule has 1 heterocycles. The molecule has 0 spiro atoms. The van der Waals surface area contributed by atoms with Crippen LogP contribution in [0.15, 0.2) is 18.2 Å². The first kappa shape index (κ1) is 14.4. The van der Waals surface area contributed by atoms with Crippen LogP contribution in [0.1, 0.15) is 29.0 Å². The Bertz CT molecular complexity index is 604.